The zero-order valence-electron chi connectivity index (χ0n) is 12.8. The smallest absolute Gasteiger partial charge is 0.256 e. The molecule has 6 heteroatoms. The van der Waals surface area contributed by atoms with Gasteiger partial charge in [-0.2, -0.15) is 0 Å². The lowest BCUT2D eigenvalue weighted by molar-refractivity contribution is -0.116. The topological polar surface area (TPSA) is 84.1 Å². The van der Waals surface area contributed by atoms with Crippen molar-refractivity contribution in [2.24, 2.45) is 0 Å². The van der Waals surface area contributed by atoms with Crippen molar-refractivity contribution < 1.29 is 9.53 Å². The maximum atomic E-state index is 12.3. The number of carbonyl (C=O) groups is 1. The molecule has 0 aliphatic carbocycles. The van der Waals surface area contributed by atoms with Gasteiger partial charge in [-0.25, -0.2) is 4.98 Å². The summed E-state index contributed by atoms with van der Waals surface area (Å²) >= 11 is 0. The molecule has 0 radical (unpaired) electrons. The Labute approximate surface area is 133 Å². The third-order valence-corrected chi connectivity index (χ3v) is 3.72. The monoisotopic (exact) mass is 311 g/mol. The summed E-state index contributed by atoms with van der Waals surface area (Å²) in [6.07, 6.45) is 1.89. The van der Waals surface area contributed by atoms with Gasteiger partial charge in [0.1, 0.15) is 24.0 Å². The molecule has 3 rings (SSSR count). The van der Waals surface area contributed by atoms with E-state index < -0.39 is 0 Å². The number of anilines is 1. The van der Waals surface area contributed by atoms with Crippen LogP contribution in [0.25, 0.3) is 0 Å². The number of carbonyl (C=O) groups excluding carboxylic acids is 1. The number of amides is 1. The molecule has 2 aromatic rings. The Morgan fingerprint density at radius 3 is 2.78 bits per heavy atom. The summed E-state index contributed by atoms with van der Waals surface area (Å²) in [6, 6.07) is 7.37. The molecule has 1 aromatic carbocycles. The maximum Gasteiger partial charge on any atom is 0.256 e. The third-order valence-electron chi connectivity index (χ3n) is 3.72. The molecule has 23 heavy (non-hydrogen) atoms. The fourth-order valence-corrected chi connectivity index (χ4v) is 2.72. The molecule has 0 saturated heterocycles. The van der Waals surface area contributed by atoms with Gasteiger partial charge in [-0.15, -0.1) is 0 Å². The van der Waals surface area contributed by atoms with Crippen LogP contribution in [0.2, 0.25) is 0 Å². The molecule has 2 heterocycles. The van der Waals surface area contributed by atoms with Crippen molar-refractivity contribution in [1.29, 1.82) is 0 Å². The summed E-state index contributed by atoms with van der Waals surface area (Å²) in [5.41, 5.74) is 1.16. The Morgan fingerprint density at radius 2 is 2.09 bits per heavy atom. The lowest BCUT2D eigenvalue weighted by Gasteiger charge is -2.24. The maximum absolute atomic E-state index is 12.3. The quantitative estimate of drug-likeness (QED) is 0.847. The number of nitrogens with zero attached hydrogens (tertiary/aromatic N) is 1. The molecule has 1 aliphatic heterocycles. The number of H-pyrrole nitrogens is 1. The van der Waals surface area contributed by atoms with Crippen molar-refractivity contribution in [2.45, 2.75) is 19.3 Å². The Kier molecular flexibility index (Phi) is 3.97. The highest BCUT2D eigenvalue weighted by Crippen LogP contribution is 2.34. The summed E-state index contributed by atoms with van der Waals surface area (Å²) in [6.45, 7) is 5.71. The molecule has 1 atom stereocenters. The van der Waals surface area contributed by atoms with Crippen molar-refractivity contribution >= 4 is 11.7 Å². The molecule has 6 nitrogen and oxygen atoms in total. The number of aromatic nitrogens is 2. The van der Waals surface area contributed by atoms with E-state index in [1.807, 2.05) is 24.3 Å². The van der Waals surface area contributed by atoms with Gasteiger partial charge in [0.25, 0.3) is 5.56 Å². The van der Waals surface area contributed by atoms with Gasteiger partial charge < -0.3 is 15.0 Å². The van der Waals surface area contributed by atoms with Gasteiger partial charge in [0.2, 0.25) is 5.91 Å². The number of fused-ring (bicyclic) bond motifs is 1. The predicted octanol–water partition coefficient (Wildman–Crippen LogP) is 2.12. The fourth-order valence-electron chi connectivity index (χ4n) is 2.72. The lowest BCUT2D eigenvalue weighted by atomic mass is 9.87. The molecular weight excluding hydrogens is 294 g/mol. The van der Waals surface area contributed by atoms with Gasteiger partial charge in [0.05, 0.1) is 5.56 Å². The summed E-state index contributed by atoms with van der Waals surface area (Å²) in [5.74, 6) is 1.07. The van der Waals surface area contributed by atoms with E-state index in [0.717, 1.165) is 5.56 Å². The zero-order chi connectivity index (χ0) is 16.4. The highest BCUT2D eigenvalue weighted by atomic mass is 16.5. The van der Waals surface area contributed by atoms with Crippen LogP contribution in [0.5, 0.6) is 5.75 Å². The summed E-state index contributed by atoms with van der Waals surface area (Å²) in [5, 5.41) is 2.67. The molecule has 2 N–H and O–H groups in total. The Balaban J connectivity index is 1.99. The summed E-state index contributed by atoms with van der Waals surface area (Å²) in [4.78, 5) is 31.2. The normalized spacial score (nSPS) is 16.4. The standard InChI is InChI=1S/C17H17N3O3/c1-3-8-23-12-6-4-11(5-7-12)13-9-14(21)20-16-15(13)17(22)19-10(2)18-16/h3-7,13H,1,8-9H2,2H3,(H2,18,19,20,21,22)/t13-/m1/s1. The first kappa shape index (κ1) is 15.0. The number of aryl methyl sites for hydroxylation is 1. The molecule has 0 saturated carbocycles. The summed E-state index contributed by atoms with van der Waals surface area (Å²) in [7, 11) is 0. The molecule has 0 unspecified atom stereocenters. The largest absolute Gasteiger partial charge is 0.490 e. The first-order valence-corrected chi connectivity index (χ1v) is 7.33. The van der Waals surface area contributed by atoms with Crippen LogP contribution in [0.4, 0.5) is 5.82 Å². The Morgan fingerprint density at radius 1 is 1.35 bits per heavy atom. The van der Waals surface area contributed by atoms with E-state index >= 15 is 0 Å². The van der Waals surface area contributed by atoms with Gasteiger partial charge in [-0.3, -0.25) is 9.59 Å². The number of hydrogen-bond acceptors (Lipinski definition) is 4. The van der Waals surface area contributed by atoms with Crippen LogP contribution < -0.4 is 15.6 Å². The molecule has 1 aromatic heterocycles. The third kappa shape index (κ3) is 3.01. The zero-order valence-corrected chi connectivity index (χ0v) is 12.8. The first-order valence-electron chi connectivity index (χ1n) is 7.33. The van der Waals surface area contributed by atoms with Crippen LogP contribution in [-0.4, -0.2) is 22.5 Å². The molecular formula is C17H17N3O3. The second-order valence-electron chi connectivity index (χ2n) is 5.39. The SMILES string of the molecule is C=CCOc1ccc([C@H]2CC(=O)Nc3nc(C)[nH]c(=O)c32)cc1. The van der Waals surface area contributed by atoms with Crippen LogP contribution in [0.1, 0.15) is 29.3 Å². The average Bonchev–Trinajstić information content (AvgIpc) is 2.52. The minimum Gasteiger partial charge on any atom is -0.490 e. The van der Waals surface area contributed by atoms with Crippen LogP contribution in [-0.2, 0) is 4.79 Å². The van der Waals surface area contributed by atoms with Gasteiger partial charge in [-0.05, 0) is 24.6 Å². The minimum atomic E-state index is -0.316. The highest BCUT2D eigenvalue weighted by Gasteiger charge is 2.30. The fraction of sp³-hybridized carbons (Fsp3) is 0.235. The summed E-state index contributed by atoms with van der Waals surface area (Å²) < 4.78 is 5.45. The number of hydrogen-bond donors (Lipinski definition) is 2. The lowest BCUT2D eigenvalue weighted by Crippen LogP contribution is -2.31. The van der Waals surface area contributed by atoms with Crippen molar-refractivity contribution in [1.82, 2.24) is 9.97 Å². The second kappa shape index (κ2) is 6.08. The van der Waals surface area contributed by atoms with Crippen LogP contribution >= 0.6 is 0 Å². The Bertz CT molecular complexity index is 809. The molecule has 0 bridgehead atoms. The van der Waals surface area contributed by atoms with E-state index in [9.17, 15) is 9.59 Å². The number of benzene rings is 1. The van der Waals surface area contributed by atoms with Crippen molar-refractivity contribution in [3.63, 3.8) is 0 Å². The van der Waals surface area contributed by atoms with Gasteiger partial charge in [0, 0.05) is 12.3 Å². The second-order valence-corrected chi connectivity index (χ2v) is 5.39. The van der Waals surface area contributed by atoms with Gasteiger partial charge >= 0.3 is 0 Å². The van der Waals surface area contributed by atoms with Gasteiger partial charge in [0.15, 0.2) is 0 Å². The Hall–Kier alpha value is -2.89. The van der Waals surface area contributed by atoms with Crippen molar-refractivity contribution in [3.8, 4) is 5.75 Å². The van der Waals surface area contributed by atoms with Crippen LogP contribution in [0.3, 0.4) is 0 Å². The molecule has 118 valence electrons. The average molecular weight is 311 g/mol. The van der Waals surface area contributed by atoms with E-state index in [2.05, 4.69) is 21.9 Å². The first-order chi connectivity index (χ1) is 11.1. The van der Waals surface area contributed by atoms with E-state index in [0.29, 0.717) is 29.6 Å². The molecule has 1 amide bonds. The predicted molar refractivity (Wildman–Crippen MR) is 86.8 cm³/mol. The van der Waals surface area contributed by atoms with Crippen molar-refractivity contribution in [2.75, 3.05) is 11.9 Å². The van der Waals surface area contributed by atoms with Crippen LogP contribution in [0, 0.1) is 6.92 Å². The van der Waals surface area contributed by atoms with E-state index in [1.165, 1.54) is 0 Å². The van der Waals surface area contributed by atoms with E-state index in [1.54, 1.807) is 13.0 Å². The van der Waals surface area contributed by atoms with E-state index in [-0.39, 0.29) is 23.8 Å². The molecule has 1 aliphatic rings. The minimum absolute atomic E-state index is 0.146. The molecule has 0 spiro atoms. The number of aromatic amines is 1. The van der Waals surface area contributed by atoms with E-state index in [4.69, 9.17) is 4.74 Å². The molecule has 0 fully saturated rings. The van der Waals surface area contributed by atoms with Crippen molar-refractivity contribution in [3.05, 3.63) is 64.2 Å². The van der Waals surface area contributed by atoms with Crippen LogP contribution in [0.15, 0.2) is 41.7 Å². The van der Waals surface area contributed by atoms with Gasteiger partial charge in [-0.1, -0.05) is 24.8 Å². The number of rotatable bonds is 4. The number of nitrogens with one attached hydrogen (secondary N) is 2. The highest BCUT2D eigenvalue weighted by molar-refractivity contribution is 5.94. The number of ether oxygens (including phenoxy) is 1.